The molecule has 0 aromatic heterocycles. The molecule has 4 nitrogen and oxygen atoms in total. The Morgan fingerprint density at radius 1 is 0.905 bits per heavy atom. The van der Waals surface area contributed by atoms with E-state index < -0.39 is 5.97 Å². The van der Waals surface area contributed by atoms with E-state index in [0.29, 0.717) is 0 Å². The van der Waals surface area contributed by atoms with Crippen molar-refractivity contribution in [3.05, 3.63) is 0 Å². The Labute approximate surface area is 153 Å². The van der Waals surface area contributed by atoms with Crippen molar-refractivity contribution in [2.75, 3.05) is 19.6 Å². The van der Waals surface area contributed by atoms with E-state index in [1.54, 1.807) is 5.01 Å². The third kappa shape index (κ3) is 18.3. The summed E-state index contributed by atoms with van der Waals surface area (Å²) in [6, 6.07) is 0. The summed E-state index contributed by atoms with van der Waals surface area (Å²) in [4.78, 5) is 10.6. The Balaban J connectivity index is 0. The fourth-order valence-corrected chi connectivity index (χ4v) is 2.29. The van der Waals surface area contributed by atoms with Crippen LogP contribution in [0.2, 0.25) is 0 Å². The number of aliphatic carboxylic acids is 1. The predicted molar refractivity (Wildman–Crippen MR) is 91.9 cm³/mol. The number of nitrogens with zero attached hydrogens (tertiary/aromatic N) is 1. The monoisotopic (exact) mass is 310 g/mol. The summed E-state index contributed by atoms with van der Waals surface area (Å²) in [7, 11) is 0. The van der Waals surface area contributed by atoms with Crippen LogP contribution in [-0.2, 0) is 4.79 Å². The molecular weight excluding hydrogens is 275 g/mol. The second-order valence-electron chi connectivity index (χ2n) is 5.50. The van der Waals surface area contributed by atoms with Gasteiger partial charge < -0.3 is 5.11 Å². The van der Waals surface area contributed by atoms with Gasteiger partial charge in [-0.1, -0.05) is 71.6 Å². The molecule has 0 saturated carbocycles. The summed E-state index contributed by atoms with van der Waals surface area (Å²) >= 11 is 0. The van der Waals surface area contributed by atoms with Crippen molar-refractivity contribution in [2.45, 2.75) is 78.1 Å². The second kappa shape index (κ2) is 18.4. The molecule has 0 bridgehead atoms. The molecule has 0 fully saturated rings. The number of likely N-dealkylation sites (N-methyl/N-ethyl adjacent to an activating group) is 1. The van der Waals surface area contributed by atoms with Gasteiger partial charge in [-0.3, -0.25) is 10.2 Å². The number of carboxylic acid groups (broad SMARTS) is 1. The first-order chi connectivity index (χ1) is 9.70. The molecule has 0 unspecified atom stereocenters. The summed E-state index contributed by atoms with van der Waals surface area (Å²) in [5, 5.41) is 10.5. The molecule has 0 aliphatic rings. The SMILES string of the molecule is CCCCCCCCCCCCNN(CC)CC(=O)O.[NaH]. The molecule has 0 spiro atoms. The fraction of sp³-hybridized carbons (Fsp3) is 0.938. The molecule has 0 aromatic carbocycles. The molecule has 0 heterocycles. The Morgan fingerprint density at radius 2 is 1.38 bits per heavy atom. The quantitative estimate of drug-likeness (QED) is 0.277. The van der Waals surface area contributed by atoms with Crippen LogP contribution in [-0.4, -0.2) is 65.3 Å². The van der Waals surface area contributed by atoms with Crippen molar-refractivity contribution in [1.82, 2.24) is 10.4 Å². The van der Waals surface area contributed by atoms with Crippen LogP contribution in [0.1, 0.15) is 78.1 Å². The van der Waals surface area contributed by atoms with Gasteiger partial charge >= 0.3 is 35.5 Å². The van der Waals surface area contributed by atoms with Crippen LogP contribution in [0.5, 0.6) is 0 Å². The number of unbranched alkanes of at least 4 members (excludes halogenated alkanes) is 9. The molecule has 0 aliphatic heterocycles. The van der Waals surface area contributed by atoms with E-state index in [-0.39, 0.29) is 36.1 Å². The first kappa shape index (κ1) is 23.7. The topological polar surface area (TPSA) is 52.6 Å². The van der Waals surface area contributed by atoms with Crippen molar-refractivity contribution in [1.29, 1.82) is 0 Å². The number of hydrazine groups is 1. The van der Waals surface area contributed by atoms with E-state index in [4.69, 9.17) is 5.11 Å². The van der Waals surface area contributed by atoms with Gasteiger partial charge in [0.05, 0.1) is 0 Å². The van der Waals surface area contributed by atoms with Gasteiger partial charge in [0, 0.05) is 13.1 Å². The minimum absolute atomic E-state index is 0. The van der Waals surface area contributed by atoms with Gasteiger partial charge in [-0.25, -0.2) is 5.01 Å². The predicted octanol–water partition coefficient (Wildman–Crippen LogP) is 3.17. The van der Waals surface area contributed by atoms with Gasteiger partial charge in [0.2, 0.25) is 0 Å². The average Bonchev–Trinajstić information content (AvgIpc) is 2.43. The number of carboxylic acids is 1. The number of hydrogen-bond donors (Lipinski definition) is 2. The molecule has 0 saturated heterocycles. The van der Waals surface area contributed by atoms with E-state index in [9.17, 15) is 4.79 Å². The zero-order valence-corrected chi connectivity index (χ0v) is 13.5. The van der Waals surface area contributed by atoms with Gasteiger partial charge in [-0.05, 0) is 6.42 Å². The summed E-state index contributed by atoms with van der Waals surface area (Å²) in [6.07, 6.45) is 13.3. The first-order valence-corrected chi connectivity index (χ1v) is 8.41. The van der Waals surface area contributed by atoms with Gasteiger partial charge in [-0.2, -0.15) is 0 Å². The molecule has 0 aromatic rings. The van der Waals surface area contributed by atoms with Gasteiger partial charge in [0.15, 0.2) is 0 Å². The number of carbonyl (C=O) groups is 1. The van der Waals surface area contributed by atoms with Crippen LogP contribution < -0.4 is 5.43 Å². The van der Waals surface area contributed by atoms with E-state index in [1.807, 2.05) is 6.92 Å². The van der Waals surface area contributed by atoms with Crippen molar-refractivity contribution < 1.29 is 9.90 Å². The molecule has 5 heteroatoms. The summed E-state index contributed by atoms with van der Waals surface area (Å²) in [5.41, 5.74) is 3.18. The number of hydrogen-bond acceptors (Lipinski definition) is 3. The van der Waals surface area contributed by atoms with Gasteiger partial charge in [-0.15, -0.1) is 0 Å². The third-order valence-corrected chi connectivity index (χ3v) is 3.57. The molecule has 2 N–H and O–H groups in total. The molecule has 0 atom stereocenters. The molecule has 0 aliphatic carbocycles. The van der Waals surface area contributed by atoms with Crippen molar-refractivity contribution in [2.24, 2.45) is 0 Å². The number of rotatable bonds is 15. The average molecular weight is 310 g/mol. The van der Waals surface area contributed by atoms with E-state index in [2.05, 4.69) is 12.3 Å². The molecular formula is C16H35N2NaO2. The Hall–Kier alpha value is 0.390. The van der Waals surface area contributed by atoms with Crippen LogP contribution in [0.3, 0.4) is 0 Å². The summed E-state index contributed by atoms with van der Waals surface area (Å²) in [6.45, 7) is 5.91. The van der Waals surface area contributed by atoms with Gasteiger partial charge in [0.1, 0.15) is 6.54 Å². The third-order valence-electron chi connectivity index (χ3n) is 3.57. The van der Waals surface area contributed by atoms with Crippen LogP contribution in [0.15, 0.2) is 0 Å². The number of nitrogens with one attached hydrogen (secondary N) is 1. The van der Waals surface area contributed by atoms with E-state index in [1.165, 1.54) is 57.8 Å². The van der Waals surface area contributed by atoms with Crippen molar-refractivity contribution in [3.8, 4) is 0 Å². The normalized spacial score (nSPS) is 10.6. The summed E-state index contributed by atoms with van der Waals surface area (Å²) in [5.74, 6) is -0.776. The zero-order chi connectivity index (χ0) is 15.1. The second-order valence-corrected chi connectivity index (χ2v) is 5.50. The molecule has 21 heavy (non-hydrogen) atoms. The molecule has 0 amide bonds. The fourth-order valence-electron chi connectivity index (χ4n) is 2.29. The van der Waals surface area contributed by atoms with Crippen LogP contribution in [0, 0.1) is 0 Å². The van der Waals surface area contributed by atoms with Crippen LogP contribution in [0.25, 0.3) is 0 Å². The Kier molecular flexibility index (Phi) is 20.8. The first-order valence-electron chi connectivity index (χ1n) is 8.41. The van der Waals surface area contributed by atoms with E-state index >= 15 is 0 Å². The van der Waals surface area contributed by atoms with Crippen molar-refractivity contribution in [3.63, 3.8) is 0 Å². The standard InChI is InChI=1S/C16H34N2O2.Na.H/c1-3-5-6-7-8-9-10-11-12-13-14-17-18(4-2)15-16(19)20;;/h17H,3-15H2,1-2H3,(H,19,20);;. The Morgan fingerprint density at radius 3 is 1.81 bits per heavy atom. The molecule has 0 radical (unpaired) electrons. The zero-order valence-electron chi connectivity index (χ0n) is 13.5. The maximum atomic E-state index is 10.6. The van der Waals surface area contributed by atoms with Crippen molar-refractivity contribution >= 4 is 35.5 Å². The Bertz CT molecular complexity index is 228. The van der Waals surface area contributed by atoms with Crippen LogP contribution in [0.4, 0.5) is 0 Å². The van der Waals surface area contributed by atoms with Gasteiger partial charge in [0.25, 0.3) is 0 Å². The molecule has 122 valence electrons. The van der Waals surface area contributed by atoms with Crippen LogP contribution >= 0.6 is 0 Å². The summed E-state index contributed by atoms with van der Waals surface area (Å²) < 4.78 is 0. The molecule has 0 rings (SSSR count). The maximum absolute atomic E-state index is 10.6. The minimum atomic E-state index is -0.776. The van der Waals surface area contributed by atoms with E-state index in [0.717, 1.165) is 19.5 Å².